The average molecular weight is 265 g/mol. The summed E-state index contributed by atoms with van der Waals surface area (Å²) in [6.45, 7) is 2.82. The molecule has 0 spiro atoms. The van der Waals surface area contributed by atoms with Gasteiger partial charge in [0, 0.05) is 12.6 Å². The van der Waals surface area contributed by atoms with Crippen molar-refractivity contribution in [2.24, 2.45) is 5.41 Å². The second-order valence-electron chi connectivity index (χ2n) is 4.61. The predicted molar refractivity (Wildman–Crippen MR) is 67.4 cm³/mol. The molecule has 0 atom stereocenters. The van der Waals surface area contributed by atoms with Crippen LogP contribution in [0.4, 0.5) is 10.5 Å². The molecule has 0 saturated carbocycles. The summed E-state index contributed by atoms with van der Waals surface area (Å²) in [4.78, 5) is 37.6. The monoisotopic (exact) mass is 265 g/mol. The molecule has 3 amide bonds. The van der Waals surface area contributed by atoms with E-state index in [1.54, 1.807) is 18.3 Å². The Morgan fingerprint density at radius 1 is 1.37 bits per heavy atom. The zero-order valence-corrected chi connectivity index (χ0v) is 10.6. The third-order valence-corrected chi connectivity index (χ3v) is 2.35. The smallest absolute Gasteiger partial charge is 0.325 e. The van der Waals surface area contributed by atoms with Crippen LogP contribution < -0.4 is 10.6 Å². The number of carbonyl (C=O) groups is 3. The van der Waals surface area contributed by atoms with Crippen LogP contribution in [-0.2, 0) is 9.59 Å². The van der Waals surface area contributed by atoms with Gasteiger partial charge >= 0.3 is 12.0 Å². The highest BCUT2D eigenvalue weighted by Gasteiger charge is 2.30. The maximum atomic E-state index is 11.5. The number of aliphatic carboxylic acids is 1. The minimum Gasteiger partial charge on any atom is -0.481 e. The molecule has 0 fully saturated rings. The third kappa shape index (κ3) is 4.74. The second-order valence-corrected chi connectivity index (χ2v) is 4.61. The Morgan fingerprint density at radius 3 is 2.58 bits per heavy atom. The van der Waals surface area contributed by atoms with Gasteiger partial charge in [0.15, 0.2) is 0 Å². The van der Waals surface area contributed by atoms with Crippen LogP contribution in [0.2, 0.25) is 0 Å². The molecular weight excluding hydrogens is 250 g/mol. The molecule has 1 aromatic rings. The quantitative estimate of drug-likeness (QED) is 0.758. The number of hydrogen-bond donors (Lipinski definition) is 3. The second kappa shape index (κ2) is 5.94. The van der Waals surface area contributed by atoms with E-state index >= 15 is 0 Å². The van der Waals surface area contributed by atoms with Crippen molar-refractivity contribution in [3.05, 3.63) is 24.5 Å². The lowest BCUT2D eigenvalue weighted by molar-refractivity contribution is -0.149. The summed E-state index contributed by atoms with van der Waals surface area (Å²) >= 11 is 0. The van der Waals surface area contributed by atoms with Crippen LogP contribution in [0, 0.1) is 5.41 Å². The van der Waals surface area contributed by atoms with E-state index in [1.807, 2.05) is 0 Å². The molecule has 0 aromatic carbocycles. The van der Waals surface area contributed by atoms with Gasteiger partial charge in [-0.15, -0.1) is 0 Å². The highest BCUT2D eigenvalue weighted by Crippen LogP contribution is 2.19. The Labute approximate surface area is 110 Å². The van der Waals surface area contributed by atoms with Gasteiger partial charge in [0.25, 0.3) is 0 Å². The summed E-state index contributed by atoms with van der Waals surface area (Å²) < 4.78 is 0. The van der Waals surface area contributed by atoms with Crippen LogP contribution >= 0.6 is 0 Å². The molecule has 102 valence electrons. The maximum absolute atomic E-state index is 11.5. The van der Waals surface area contributed by atoms with Crippen LogP contribution in [0.15, 0.2) is 24.5 Å². The first-order chi connectivity index (χ1) is 8.81. The van der Waals surface area contributed by atoms with Crippen molar-refractivity contribution in [2.45, 2.75) is 20.3 Å². The van der Waals surface area contributed by atoms with Crippen LogP contribution in [0.5, 0.6) is 0 Å². The predicted octanol–water partition coefficient (Wildman–Crippen LogP) is 1.23. The lowest BCUT2D eigenvalue weighted by Crippen LogP contribution is -2.38. The average Bonchev–Trinajstić information content (AvgIpc) is 2.28. The Hall–Kier alpha value is -2.44. The van der Waals surface area contributed by atoms with Gasteiger partial charge in [0.2, 0.25) is 5.91 Å². The number of carboxylic acid groups (broad SMARTS) is 1. The summed E-state index contributed by atoms with van der Waals surface area (Å²) in [6, 6.07) is 2.52. The molecule has 7 heteroatoms. The largest absolute Gasteiger partial charge is 0.481 e. The lowest BCUT2D eigenvalue weighted by Gasteiger charge is -2.17. The number of imide groups is 1. The number of amides is 3. The van der Waals surface area contributed by atoms with Gasteiger partial charge in [-0.3, -0.25) is 19.9 Å². The molecule has 0 aliphatic rings. The standard InChI is InChI=1S/C12H15N3O4/c1-12(2,10(17)18)6-9(16)15-11(19)14-8-4-3-5-13-7-8/h3-5,7H,6H2,1-2H3,(H,17,18)(H2,14,15,16,19). The molecule has 0 aliphatic heterocycles. The number of nitrogens with zero attached hydrogens (tertiary/aromatic N) is 1. The number of nitrogens with one attached hydrogen (secondary N) is 2. The van der Waals surface area contributed by atoms with Gasteiger partial charge in [-0.1, -0.05) is 0 Å². The van der Waals surface area contributed by atoms with Crippen molar-refractivity contribution in [3.8, 4) is 0 Å². The molecule has 0 bridgehead atoms. The normalized spacial score (nSPS) is 10.6. The van der Waals surface area contributed by atoms with E-state index in [2.05, 4.69) is 15.6 Å². The number of aromatic nitrogens is 1. The van der Waals surface area contributed by atoms with Crippen molar-refractivity contribution < 1.29 is 19.5 Å². The van der Waals surface area contributed by atoms with E-state index in [0.29, 0.717) is 5.69 Å². The molecule has 0 radical (unpaired) electrons. The summed E-state index contributed by atoms with van der Waals surface area (Å²) in [7, 11) is 0. The fraction of sp³-hybridized carbons (Fsp3) is 0.333. The third-order valence-electron chi connectivity index (χ3n) is 2.35. The zero-order valence-electron chi connectivity index (χ0n) is 10.6. The van der Waals surface area contributed by atoms with Gasteiger partial charge in [-0.2, -0.15) is 0 Å². The molecule has 0 aliphatic carbocycles. The molecule has 3 N–H and O–H groups in total. The summed E-state index contributed by atoms with van der Waals surface area (Å²) in [5.74, 6) is -1.76. The lowest BCUT2D eigenvalue weighted by atomic mass is 9.89. The van der Waals surface area contributed by atoms with Gasteiger partial charge < -0.3 is 10.4 Å². The highest BCUT2D eigenvalue weighted by atomic mass is 16.4. The molecule has 0 unspecified atom stereocenters. The zero-order chi connectivity index (χ0) is 14.5. The molecule has 1 rings (SSSR count). The van der Waals surface area contributed by atoms with Crippen molar-refractivity contribution in [1.82, 2.24) is 10.3 Å². The maximum Gasteiger partial charge on any atom is 0.325 e. The van der Waals surface area contributed by atoms with E-state index < -0.39 is 23.3 Å². The summed E-state index contributed by atoms with van der Waals surface area (Å²) in [6.07, 6.45) is 2.68. The molecule has 1 heterocycles. The van der Waals surface area contributed by atoms with E-state index in [1.165, 1.54) is 20.0 Å². The first-order valence-corrected chi connectivity index (χ1v) is 5.55. The van der Waals surface area contributed by atoms with Gasteiger partial charge in [0.1, 0.15) is 0 Å². The Kier molecular flexibility index (Phi) is 4.57. The Balaban J connectivity index is 2.49. The van der Waals surface area contributed by atoms with E-state index in [-0.39, 0.29) is 6.42 Å². The minimum absolute atomic E-state index is 0.289. The van der Waals surface area contributed by atoms with Crippen LogP contribution in [0.1, 0.15) is 20.3 Å². The minimum atomic E-state index is -1.22. The number of rotatable bonds is 4. The van der Waals surface area contributed by atoms with Crippen molar-refractivity contribution in [1.29, 1.82) is 0 Å². The molecule has 0 saturated heterocycles. The molecular formula is C12H15N3O4. The SMILES string of the molecule is CC(C)(CC(=O)NC(=O)Nc1cccnc1)C(=O)O. The number of pyridine rings is 1. The number of hydrogen-bond acceptors (Lipinski definition) is 4. The van der Waals surface area contributed by atoms with E-state index in [4.69, 9.17) is 5.11 Å². The summed E-state index contributed by atoms with van der Waals surface area (Å²) in [5.41, 5.74) is -0.788. The van der Waals surface area contributed by atoms with Gasteiger partial charge in [-0.05, 0) is 26.0 Å². The van der Waals surface area contributed by atoms with Crippen molar-refractivity contribution in [2.75, 3.05) is 5.32 Å². The van der Waals surface area contributed by atoms with Crippen LogP contribution in [0.3, 0.4) is 0 Å². The number of carbonyl (C=O) groups excluding carboxylic acids is 2. The summed E-state index contributed by atoms with van der Waals surface area (Å²) in [5, 5.41) is 13.3. The fourth-order valence-corrected chi connectivity index (χ4v) is 1.25. The van der Waals surface area contributed by atoms with E-state index in [9.17, 15) is 14.4 Å². The van der Waals surface area contributed by atoms with Crippen molar-refractivity contribution >= 4 is 23.6 Å². The topological polar surface area (TPSA) is 108 Å². The first kappa shape index (κ1) is 14.6. The number of carboxylic acids is 1. The van der Waals surface area contributed by atoms with Crippen LogP contribution in [-0.4, -0.2) is 28.0 Å². The van der Waals surface area contributed by atoms with Gasteiger partial charge in [-0.25, -0.2) is 4.79 Å². The molecule has 7 nitrogen and oxygen atoms in total. The van der Waals surface area contributed by atoms with E-state index in [0.717, 1.165) is 0 Å². The van der Waals surface area contributed by atoms with Crippen LogP contribution in [0.25, 0.3) is 0 Å². The highest BCUT2D eigenvalue weighted by molar-refractivity contribution is 6.02. The molecule has 19 heavy (non-hydrogen) atoms. The molecule has 1 aromatic heterocycles. The number of urea groups is 1. The van der Waals surface area contributed by atoms with Gasteiger partial charge in [0.05, 0.1) is 17.3 Å². The first-order valence-electron chi connectivity index (χ1n) is 5.55. The fourth-order valence-electron chi connectivity index (χ4n) is 1.25. The Morgan fingerprint density at radius 2 is 2.05 bits per heavy atom. The van der Waals surface area contributed by atoms with Crippen molar-refractivity contribution in [3.63, 3.8) is 0 Å². The Bertz CT molecular complexity index is 485. The number of anilines is 1.